The molecule has 0 bridgehead atoms. The van der Waals surface area contributed by atoms with E-state index >= 15 is 0 Å². The van der Waals surface area contributed by atoms with E-state index in [0.29, 0.717) is 45.3 Å². The molecule has 146 valence electrons. The van der Waals surface area contributed by atoms with Crippen molar-refractivity contribution in [3.05, 3.63) is 70.8 Å². The molecule has 2 aliphatic heterocycles. The minimum Gasteiger partial charge on any atom is -0.508 e. The van der Waals surface area contributed by atoms with Crippen LogP contribution in [0, 0.1) is 0 Å². The highest BCUT2D eigenvalue weighted by Crippen LogP contribution is 2.58. The topological polar surface area (TPSA) is 94.5 Å². The number of rotatable bonds is 2. The zero-order valence-corrected chi connectivity index (χ0v) is 15.6. The molecule has 7 nitrogen and oxygen atoms in total. The first-order valence-corrected chi connectivity index (χ1v) is 8.82. The maximum absolute atomic E-state index is 12.9. The monoisotopic (exact) mass is 392 g/mol. The molecule has 0 fully saturated rings. The Hall–Kier alpha value is -3.87. The van der Waals surface area contributed by atoms with Gasteiger partial charge in [-0.05, 0) is 36.4 Å². The van der Waals surface area contributed by atoms with E-state index < -0.39 is 11.6 Å². The van der Waals surface area contributed by atoms with E-state index in [1.165, 1.54) is 38.5 Å². The molecule has 2 heterocycles. The molecule has 0 saturated carbocycles. The largest absolute Gasteiger partial charge is 0.508 e. The highest BCUT2D eigenvalue weighted by molar-refractivity contribution is 5.98. The molecule has 1 spiro atoms. The number of hydrogen-bond donors (Lipinski definition) is 2. The molecular formula is C22H16O7. The molecule has 0 aromatic heterocycles. The van der Waals surface area contributed by atoms with Crippen LogP contribution < -0.4 is 14.2 Å². The highest BCUT2D eigenvalue weighted by Gasteiger charge is 2.54. The number of carbonyl (C=O) groups excluding carboxylic acids is 1. The van der Waals surface area contributed by atoms with E-state index in [-0.39, 0.29) is 11.5 Å². The molecule has 2 aliphatic rings. The number of phenolic OH excluding ortho intramolecular Hbond substituents is 2. The summed E-state index contributed by atoms with van der Waals surface area (Å²) >= 11 is 0. The number of esters is 1. The SMILES string of the molecule is COc1cc2c(cc1OC)C1(OC2=O)c2ccc(O)cc2Oc2cc(O)ccc21. The van der Waals surface area contributed by atoms with Crippen LogP contribution in [0.5, 0.6) is 34.5 Å². The van der Waals surface area contributed by atoms with Gasteiger partial charge in [-0.1, -0.05) is 0 Å². The van der Waals surface area contributed by atoms with Crippen molar-refractivity contribution in [3.8, 4) is 34.5 Å². The van der Waals surface area contributed by atoms with Gasteiger partial charge < -0.3 is 29.2 Å². The molecule has 3 aromatic rings. The number of ether oxygens (including phenoxy) is 4. The van der Waals surface area contributed by atoms with Gasteiger partial charge in [-0.2, -0.15) is 0 Å². The third-order valence-electron chi connectivity index (χ3n) is 5.28. The van der Waals surface area contributed by atoms with Gasteiger partial charge in [0.25, 0.3) is 0 Å². The maximum atomic E-state index is 12.9. The summed E-state index contributed by atoms with van der Waals surface area (Å²) in [6.07, 6.45) is 0. The fourth-order valence-electron chi connectivity index (χ4n) is 4.02. The van der Waals surface area contributed by atoms with Gasteiger partial charge in [-0.15, -0.1) is 0 Å². The van der Waals surface area contributed by atoms with Crippen LogP contribution >= 0.6 is 0 Å². The van der Waals surface area contributed by atoms with Gasteiger partial charge in [-0.3, -0.25) is 0 Å². The lowest BCUT2D eigenvalue weighted by Crippen LogP contribution is -2.32. The number of phenols is 2. The molecule has 0 saturated heterocycles. The minimum atomic E-state index is -1.32. The highest BCUT2D eigenvalue weighted by atomic mass is 16.6. The van der Waals surface area contributed by atoms with E-state index in [4.69, 9.17) is 18.9 Å². The summed E-state index contributed by atoms with van der Waals surface area (Å²) in [5, 5.41) is 19.9. The number of benzene rings is 3. The fourth-order valence-corrected chi connectivity index (χ4v) is 4.02. The van der Waals surface area contributed by atoms with Gasteiger partial charge in [0.05, 0.1) is 19.8 Å². The van der Waals surface area contributed by atoms with Crippen molar-refractivity contribution < 1.29 is 34.0 Å². The molecular weight excluding hydrogens is 376 g/mol. The number of fused-ring (bicyclic) bond motifs is 6. The molecule has 0 unspecified atom stereocenters. The van der Waals surface area contributed by atoms with Crippen LogP contribution in [-0.2, 0) is 10.3 Å². The predicted octanol–water partition coefficient (Wildman–Crippen LogP) is 3.68. The van der Waals surface area contributed by atoms with Crippen LogP contribution in [0.4, 0.5) is 0 Å². The lowest BCUT2D eigenvalue weighted by molar-refractivity contribution is 0.0224. The first-order valence-electron chi connectivity index (χ1n) is 8.82. The number of hydrogen-bond acceptors (Lipinski definition) is 7. The Morgan fingerprint density at radius 1 is 0.793 bits per heavy atom. The van der Waals surface area contributed by atoms with Crippen LogP contribution in [0.3, 0.4) is 0 Å². The molecule has 2 N–H and O–H groups in total. The van der Waals surface area contributed by atoms with Crippen molar-refractivity contribution >= 4 is 5.97 Å². The average molecular weight is 392 g/mol. The lowest BCUT2D eigenvalue weighted by atomic mass is 9.77. The summed E-state index contributed by atoms with van der Waals surface area (Å²) in [4.78, 5) is 12.9. The van der Waals surface area contributed by atoms with Crippen molar-refractivity contribution in [3.63, 3.8) is 0 Å². The van der Waals surface area contributed by atoms with Gasteiger partial charge in [-0.25, -0.2) is 4.79 Å². The molecule has 0 amide bonds. The van der Waals surface area contributed by atoms with E-state index in [9.17, 15) is 15.0 Å². The van der Waals surface area contributed by atoms with Crippen LogP contribution in [0.25, 0.3) is 0 Å². The van der Waals surface area contributed by atoms with E-state index in [0.717, 1.165) is 0 Å². The third-order valence-corrected chi connectivity index (χ3v) is 5.28. The van der Waals surface area contributed by atoms with Crippen LogP contribution in [0.1, 0.15) is 27.0 Å². The maximum Gasteiger partial charge on any atom is 0.340 e. The van der Waals surface area contributed by atoms with Gasteiger partial charge in [0, 0.05) is 28.8 Å². The lowest BCUT2D eigenvalue weighted by Gasteiger charge is -2.36. The summed E-state index contributed by atoms with van der Waals surface area (Å²) in [7, 11) is 3.00. The number of carbonyl (C=O) groups is 1. The van der Waals surface area contributed by atoms with Gasteiger partial charge in [0.1, 0.15) is 23.0 Å². The second kappa shape index (κ2) is 5.81. The summed E-state index contributed by atoms with van der Waals surface area (Å²) in [6, 6.07) is 12.5. The first-order chi connectivity index (χ1) is 14.0. The third kappa shape index (κ3) is 2.21. The quantitative estimate of drug-likeness (QED) is 0.643. The van der Waals surface area contributed by atoms with E-state index in [1.807, 2.05) is 0 Å². The Kier molecular flexibility index (Phi) is 3.46. The van der Waals surface area contributed by atoms with Crippen LogP contribution in [0.2, 0.25) is 0 Å². The molecule has 0 atom stereocenters. The molecule has 0 aliphatic carbocycles. The summed E-state index contributed by atoms with van der Waals surface area (Å²) < 4.78 is 22.7. The van der Waals surface area contributed by atoms with E-state index in [2.05, 4.69) is 0 Å². The Balaban J connectivity index is 1.89. The van der Waals surface area contributed by atoms with Crippen molar-refractivity contribution in [2.75, 3.05) is 14.2 Å². The fraction of sp³-hybridized carbons (Fsp3) is 0.136. The number of methoxy groups -OCH3 is 2. The van der Waals surface area contributed by atoms with Crippen molar-refractivity contribution in [2.45, 2.75) is 5.60 Å². The zero-order chi connectivity index (χ0) is 20.3. The summed E-state index contributed by atoms with van der Waals surface area (Å²) in [5.41, 5.74) is 0.668. The molecule has 29 heavy (non-hydrogen) atoms. The second-order valence-corrected chi connectivity index (χ2v) is 6.79. The van der Waals surface area contributed by atoms with Gasteiger partial charge >= 0.3 is 5.97 Å². The zero-order valence-electron chi connectivity index (χ0n) is 15.6. The second-order valence-electron chi connectivity index (χ2n) is 6.79. The standard InChI is InChI=1S/C22H16O7/c1-26-19-9-13-16(10-20(19)27-2)22(29-21(13)25)14-5-3-11(23)7-17(14)28-18-8-12(24)4-6-15(18)22/h3-10,23-24H,1-2H3. The smallest absolute Gasteiger partial charge is 0.340 e. The molecule has 7 heteroatoms. The minimum absolute atomic E-state index is 0.000591. The summed E-state index contributed by atoms with van der Waals surface area (Å²) in [6.45, 7) is 0. The predicted molar refractivity (Wildman–Crippen MR) is 101 cm³/mol. The van der Waals surface area contributed by atoms with Crippen LogP contribution in [0.15, 0.2) is 48.5 Å². The normalized spacial score (nSPS) is 15.0. The number of aromatic hydroxyl groups is 2. The Labute approximate surface area is 165 Å². The molecule has 3 aromatic carbocycles. The van der Waals surface area contributed by atoms with Crippen molar-refractivity contribution in [2.24, 2.45) is 0 Å². The Morgan fingerprint density at radius 3 is 1.90 bits per heavy atom. The first kappa shape index (κ1) is 17.2. The van der Waals surface area contributed by atoms with Crippen molar-refractivity contribution in [1.29, 1.82) is 0 Å². The average Bonchev–Trinajstić information content (AvgIpc) is 2.98. The van der Waals surface area contributed by atoms with Crippen molar-refractivity contribution in [1.82, 2.24) is 0 Å². The van der Waals surface area contributed by atoms with Crippen LogP contribution in [-0.4, -0.2) is 30.4 Å². The molecule has 0 radical (unpaired) electrons. The van der Waals surface area contributed by atoms with E-state index in [1.54, 1.807) is 24.3 Å². The Bertz CT molecular complexity index is 1130. The van der Waals surface area contributed by atoms with Gasteiger partial charge in [0.15, 0.2) is 17.1 Å². The van der Waals surface area contributed by atoms with Gasteiger partial charge in [0.2, 0.25) is 0 Å². The Morgan fingerprint density at radius 2 is 1.34 bits per heavy atom. The summed E-state index contributed by atoms with van der Waals surface area (Å²) in [5.74, 6) is 0.955. The molecule has 5 rings (SSSR count).